The summed E-state index contributed by atoms with van der Waals surface area (Å²) < 4.78 is 29.2. The van der Waals surface area contributed by atoms with Crippen LogP contribution in [0.2, 0.25) is 5.02 Å². The predicted octanol–water partition coefficient (Wildman–Crippen LogP) is 3.91. The monoisotopic (exact) mass is 513 g/mol. The standard InChI is InChI=1S/C25H24ClN3O5S/c1-25(2,3)17-6-8-18(9-7-17)35(33,34)27-20-11-10-19(26)21-22(20)24(31)29(23(21)30)14-12-16-5-4-13-28(32)15-16/h4-11,13,15,27H,12,14H2,1-3H3. The second-order valence-electron chi connectivity index (χ2n) is 9.31. The molecular formula is C25H24ClN3O5S. The highest BCUT2D eigenvalue weighted by atomic mass is 35.5. The van der Waals surface area contributed by atoms with Crippen molar-refractivity contribution in [1.82, 2.24) is 4.90 Å². The first-order valence-corrected chi connectivity index (χ1v) is 12.7. The average molecular weight is 514 g/mol. The zero-order valence-corrected chi connectivity index (χ0v) is 21.0. The van der Waals surface area contributed by atoms with Crippen LogP contribution in [0.5, 0.6) is 0 Å². The zero-order valence-electron chi connectivity index (χ0n) is 19.4. The highest BCUT2D eigenvalue weighted by Crippen LogP contribution is 2.36. The van der Waals surface area contributed by atoms with Gasteiger partial charge in [0.1, 0.15) is 0 Å². The van der Waals surface area contributed by atoms with E-state index in [9.17, 15) is 23.2 Å². The van der Waals surface area contributed by atoms with Crippen molar-refractivity contribution in [2.45, 2.75) is 37.5 Å². The number of nitrogens with one attached hydrogen (secondary N) is 1. The van der Waals surface area contributed by atoms with Crippen LogP contribution in [0.25, 0.3) is 0 Å². The molecule has 4 rings (SSSR count). The van der Waals surface area contributed by atoms with Crippen LogP contribution in [0.4, 0.5) is 5.69 Å². The van der Waals surface area contributed by atoms with E-state index in [1.54, 1.807) is 24.3 Å². The number of imide groups is 1. The number of benzene rings is 2. The third-order valence-corrected chi connectivity index (χ3v) is 7.50. The zero-order chi connectivity index (χ0) is 25.5. The minimum atomic E-state index is -4.04. The van der Waals surface area contributed by atoms with Crippen LogP contribution in [-0.2, 0) is 21.9 Å². The van der Waals surface area contributed by atoms with E-state index >= 15 is 0 Å². The van der Waals surface area contributed by atoms with Crippen molar-refractivity contribution in [2.24, 2.45) is 0 Å². The highest BCUT2D eigenvalue weighted by molar-refractivity contribution is 7.92. The maximum atomic E-state index is 13.2. The maximum Gasteiger partial charge on any atom is 0.263 e. The number of hydrogen-bond acceptors (Lipinski definition) is 5. The molecule has 0 saturated carbocycles. The SMILES string of the molecule is CC(C)(C)c1ccc(S(=O)(=O)Nc2ccc(Cl)c3c2C(=O)N(CCc2ccc[n+]([O-])c2)C3=O)cc1. The normalized spacial score (nSPS) is 13.8. The molecule has 0 unspecified atom stereocenters. The fraction of sp³-hybridized carbons (Fsp3) is 0.240. The molecule has 1 N–H and O–H groups in total. The molecule has 35 heavy (non-hydrogen) atoms. The lowest BCUT2D eigenvalue weighted by molar-refractivity contribution is -0.605. The molecule has 0 spiro atoms. The third-order valence-electron chi connectivity index (χ3n) is 5.81. The fourth-order valence-electron chi connectivity index (χ4n) is 3.89. The molecular weight excluding hydrogens is 490 g/mol. The number of sulfonamides is 1. The average Bonchev–Trinajstić information content (AvgIpc) is 3.04. The number of hydrogen-bond donors (Lipinski definition) is 1. The molecule has 3 aromatic rings. The minimum Gasteiger partial charge on any atom is -0.619 e. The van der Waals surface area contributed by atoms with E-state index in [2.05, 4.69) is 4.72 Å². The molecule has 1 aliphatic rings. The first-order valence-electron chi connectivity index (χ1n) is 10.9. The van der Waals surface area contributed by atoms with Crippen LogP contribution in [0.3, 0.4) is 0 Å². The molecule has 10 heteroatoms. The highest BCUT2D eigenvalue weighted by Gasteiger charge is 2.40. The number of rotatable bonds is 6. The second kappa shape index (κ2) is 8.98. The summed E-state index contributed by atoms with van der Waals surface area (Å²) in [6, 6.07) is 12.5. The molecule has 2 amide bonds. The predicted molar refractivity (Wildman–Crippen MR) is 132 cm³/mol. The molecule has 1 aliphatic heterocycles. The Balaban J connectivity index is 1.62. The number of carbonyl (C=O) groups is 2. The van der Waals surface area contributed by atoms with Gasteiger partial charge in [0.2, 0.25) is 0 Å². The Morgan fingerprint density at radius 2 is 1.66 bits per heavy atom. The summed E-state index contributed by atoms with van der Waals surface area (Å²) in [5.41, 5.74) is 1.31. The van der Waals surface area contributed by atoms with Gasteiger partial charge in [-0.1, -0.05) is 44.5 Å². The summed E-state index contributed by atoms with van der Waals surface area (Å²) in [4.78, 5) is 27.2. The van der Waals surface area contributed by atoms with Crippen LogP contribution < -0.4 is 9.45 Å². The Kier molecular flexibility index (Phi) is 6.33. The van der Waals surface area contributed by atoms with Gasteiger partial charge in [-0.15, -0.1) is 0 Å². The van der Waals surface area contributed by atoms with Crippen molar-refractivity contribution in [1.29, 1.82) is 0 Å². The van der Waals surface area contributed by atoms with E-state index in [4.69, 9.17) is 11.6 Å². The fourth-order valence-corrected chi connectivity index (χ4v) is 5.20. The number of fused-ring (bicyclic) bond motifs is 1. The summed E-state index contributed by atoms with van der Waals surface area (Å²) in [5.74, 6) is -1.27. The number of halogens is 1. The first-order chi connectivity index (χ1) is 16.4. The van der Waals surface area contributed by atoms with Crippen LogP contribution in [0.15, 0.2) is 65.8 Å². The van der Waals surface area contributed by atoms with E-state index in [1.807, 2.05) is 20.8 Å². The largest absolute Gasteiger partial charge is 0.619 e. The summed E-state index contributed by atoms with van der Waals surface area (Å²) in [5, 5.41) is 11.5. The third kappa shape index (κ3) is 4.87. The molecule has 1 aromatic heterocycles. The van der Waals surface area contributed by atoms with Gasteiger partial charge in [0.25, 0.3) is 21.8 Å². The van der Waals surface area contributed by atoms with Crippen LogP contribution >= 0.6 is 11.6 Å². The lowest BCUT2D eigenvalue weighted by Crippen LogP contribution is -2.32. The number of amides is 2. The van der Waals surface area contributed by atoms with Gasteiger partial charge in [-0.25, -0.2) is 8.42 Å². The van der Waals surface area contributed by atoms with Gasteiger partial charge in [0.15, 0.2) is 12.4 Å². The van der Waals surface area contributed by atoms with Crippen molar-refractivity contribution in [3.05, 3.63) is 93.4 Å². The van der Waals surface area contributed by atoms with E-state index < -0.39 is 21.8 Å². The molecule has 0 bridgehead atoms. The summed E-state index contributed by atoms with van der Waals surface area (Å²) in [7, 11) is -4.04. The van der Waals surface area contributed by atoms with Gasteiger partial charge in [0, 0.05) is 18.2 Å². The Bertz CT molecular complexity index is 1430. The molecule has 0 radical (unpaired) electrons. The van der Waals surface area contributed by atoms with Crippen molar-refractivity contribution >= 4 is 39.1 Å². The van der Waals surface area contributed by atoms with Crippen LogP contribution in [0.1, 0.15) is 52.6 Å². The van der Waals surface area contributed by atoms with Crippen molar-refractivity contribution in [3.63, 3.8) is 0 Å². The maximum absolute atomic E-state index is 13.2. The summed E-state index contributed by atoms with van der Waals surface area (Å²) in [6.45, 7) is 6.08. The Labute approximate surface area is 208 Å². The van der Waals surface area contributed by atoms with Gasteiger partial charge in [-0.2, -0.15) is 4.73 Å². The quantitative estimate of drug-likeness (QED) is 0.305. The van der Waals surface area contributed by atoms with Crippen LogP contribution in [0, 0.1) is 5.21 Å². The van der Waals surface area contributed by atoms with Gasteiger partial charge in [-0.05, 0) is 47.7 Å². The minimum absolute atomic E-state index is 0.00709. The number of anilines is 1. The van der Waals surface area contributed by atoms with Crippen molar-refractivity contribution in [3.8, 4) is 0 Å². The molecule has 0 aliphatic carbocycles. The molecule has 0 atom stereocenters. The second-order valence-corrected chi connectivity index (χ2v) is 11.4. The van der Waals surface area contributed by atoms with E-state index in [0.29, 0.717) is 10.3 Å². The summed E-state index contributed by atoms with van der Waals surface area (Å²) in [6.07, 6.45) is 2.95. The number of aromatic nitrogens is 1. The molecule has 2 heterocycles. The lowest BCUT2D eigenvalue weighted by atomic mass is 9.87. The van der Waals surface area contributed by atoms with Crippen molar-refractivity contribution < 1.29 is 22.7 Å². The molecule has 182 valence electrons. The molecule has 2 aromatic carbocycles. The Hall–Kier alpha value is -3.43. The van der Waals surface area contributed by atoms with Gasteiger partial charge in [-0.3, -0.25) is 19.2 Å². The Morgan fingerprint density at radius 1 is 1.00 bits per heavy atom. The van der Waals surface area contributed by atoms with Gasteiger partial charge < -0.3 is 5.21 Å². The molecule has 0 fully saturated rings. The topological polar surface area (TPSA) is 110 Å². The van der Waals surface area contributed by atoms with E-state index in [0.717, 1.165) is 10.5 Å². The van der Waals surface area contributed by atoms with Gasteiger partial charge in [0.05, 0.1) is 26.7 Å². The summed E-state index contributed by atoms with van der Waals surface area (Å²) >= 11 is 6.23. The van der Waals surface area contributed by atoms with Crippen LogP contribution in [-0.4, -0.2) is 31.7 Å². The lowest BCUT2D eigenvalue weighted by Gasteiger charge is -2.19. The number of carbonyl (C=O) groups excluding carboxylic acids is 2. The Morgan fingerprint density at radius 3 is 2.29 bits per heavy atom. The first kappa shape index (κ1) is 24.7. The number of nitrogens with zero attached hydrogens (tertiary/aromatic N) is 2. The molecule has 8 nitrogen and oxygen atoms in total. The van der Waals surface area contributed by atoms with E-state index in [1.165, 1.54) is 36.7 Å². The molecule has 0 saturated heterocycles. The van der Waals surface area contributed by atoms with Gasteiger partial charge >= 0.3 is 0 Å². The smallest absolute Gasteiger partial charge is 0.263 e. The van der Waals surface area contributed by atoms with Crippen molar-refractivity contribution in [2.75, 3.05) is 11.3 Å². The number of pyridine rings is 1. The van der Waals surface area contributed by atoms with E-state index in [-0.39, 0.29) is 45.1 Å².